The first-order chi connectivity index (χ1) is 12.3. The van der Waals surface area contributed by atoms with Gasteiger partial charge in [0.25, 0.3) is 5.91 Å². The molecule has 0 unspecified atom stereocenters. The van der Waals surface area contributed by atoms with E-state index in [1.165, 1.54) is 11.3 Å². The summed E-state index contributed by atoms with van der Waals surface area (Å²) in [5.41, 5.74) is 3.21. The SMILES string of the molecule is Cc1csc(NC(=O)c2ccc(Cn3nc(C)c([N+](=O)[O-])c3C)cc2)n1. The first-order valence-corrected chi connectivity index (χ1v) is 8.74. The molecule has 0 aliphatic rings. The molecule has 8 nitrogen and oxygen atoms in total. The molecule has 0 radical (unpaired) electrons. The molecule has 1 aromatic carbocycles. The molecule has 1 N–H and O–H groups in total. The van der Waals surface area contributed by atoms with Gasteiger partial charge < -0.3 is 0 Å². The summed E-state index contributed by atoms with van der Waals surface area (Å²) >= 11 is 1.38. The van der Waals surface area contributed by atoms with Gasteiger partial charge >= 0.3 is 5.69 Å². The van der Waals surface area contributed by atoms with E-state index in [0.29, 0.717) is 28.6 Å². The number of rotatable bonds is 5. The van der Waals surface area contributed by atoms with E-state index < -0.39 is 4.92 Å². The van der Waals surface area contributed by atoms with Crippen LogP contribution in [0.1, 0.15) is 33.0 Å². The Hall–Kier alpha value is -3.07. The maximum Gasteiger partial charge on any atom is 0.312 e. The standard InChI is InChI=1S/C17H17N5O3S/c1-10-9-26-17(18-10)19-16(23)14-6-4-13(5-7-14)8-21-12(3)15(22(24)25)11(2)20-21/h4-7,9H,8H2,1-3H3,(H,18,19,23). The van der Waals surface area contributed by atoms with Crippen LogP contribution in [0.15, 0.2) is 29.6 Å². The lowest BCUT2D eigenvalue weighted by atomic mass is 10.1. The van der Waals surface area contributed by atoms with E-state index >= 15 is 0 Å². The average Bonchev–Trinajstić information content (AvgIpc) is 3.11. The highest BCUT2D eigenvalue weighted by Gasteiger charge is 2.21. The van der Waals surface area contributed by atoms with Gasteiger partial charge in [0, 0.05) is 10.9 Å². The zero-order chi connectivity index (χ0) is 18.8. The lowest BCUT2D eigenvalue weighted by Gasteiger charge is -2.06. The Morgan fingerprint density at radius 2 is 1.96 bits per heavy atom. The molecule has 3 rings (SSSR count). The second-order valence-corrected chi connectivity index (χ2v) is 6.74. The number of benzene rings is 1. The molecular formula is C17H17N5O3S. The molecule has 2 aromatic heterocycles. The second-order valence-electron chi connectivity index (χ2n) is 5.88. The molecule has 0 fully saturated rings. The number of hydrogen-bond acceptors (Lipinski definition) is 6. The maximum absolute atomic E-state index is 12.2. The number of aryl methyl sites for hydroxylation is 2. The van der Waals surface area contributed by atoms with E-state index in [0.717, 1.165) is 11.3 Å². The van der Waals surface area contributed by atoms with Gasteiger partial charge in [0.1, 0.15) is 11.4 Å². The lowest BCUT2D eigenvalue weighted by Crippen LogP contribution is -2.12. The van der Waals surface area contributed by atoms with Gasteiger partial charge in [-0.2, -0.15) is 5.10 Å². The Labute approximate surface area is 153 Å². The number of nitrogens with one attached hydrogen (secondary N) is 1. The molecule has 0 bridgehead atoms. The molecule has 0 aliphatic carbocycles. The number of nitrogens with zero attached hydrogens (tertiary/aromatic N) is 4. The quantitative estimate of drug-likeness (QED) is 0.546. The van der Waals surface area contributed by atoms with Gasteiger partial charge in [0.15, 0.2) is 5.13 Å². The van der Waals surface area contributed by atoms with Crippen molar-refractivity contribution in [3.63, 3.8) is 0 Å². The van der Waals surface area contributed by atoms with Gasteiger partial charge in [0.2, 0.25) is 0 Å². The maximum atomic E-state index is 12.2. The molecule has 1 amide bonds. The summed E-state index contributed by atoms with van der Waals surface area (Å²) in [5.74, 6) is -0.229. The fourth-order valence-electron chi connectivity index (χ4n) is 2.62. The summed E-state index contributed by atoms with van der Waals surface area (Å²) in [4.78, 5) is 27.1. The molecular weight excluding hydrogens is 354 g/mol. The minimum atomic E-state index is -0.415. The summed E-state index contributed by atoms with van der Waals surface area (Å²) < 4.78 is 1.60. The van der Waals surface area contributed by atoms with Crippen molar-refractivity contribution in [2.75, 3.05) is 5.32 Å². The van der Waals surface area contributed by atoms with Crippen LogP contribution in [0.2, 0.25) is 0 Å². The topological polar surface area (TPSA) is 103 Å². The molecule has 26 heavy (non-hydrogen) atoms. The molecule has 0 spiro atoms. The van der Waals surface area contributed by atoms with Crippen LogP contribution in [-0.4, -0.2) is 25.6 Å². The second kappa shape index (κ2) is 7.04. The van der Waals surface area contributed by atoms with Gasteiger partial charge in [-0.1, -0.05) is 12.1 Å². The number of carbonyl (C=O) groups is 1. The highest BCUT2D eigenvalue weighted by molar-refractivity contribution is 7.13. The van der Waals surface area contributed by atoms with Crippen molar-refractivity contribution in [1.29, 1.82) is 0 Å². The van der Waals surface area contributed by atoms with E-state index in [1.807, 2.05) is 24.4 Å². The fraction of sp³-hybridized carbons (Fsp3) is 0.235. The lowest BCUT2D eigenvalue weighted by molar-refractivity contribution is -0.386. The van der Waals surface area contributed by atoms with Crippen molar-refractivity contribution in [2.45, 2.75) is 27.3 Å². The number of carbonyl (C=O) groups excluding carboxylic acids is 1. The third-order valence-electron chi connectivity index (χ3n) is 3.91. The normalized spacial score (nSPS) is 10.7. The van der Waals surface area contributed by atoms with Gasteiger partial charge in [-0.15, -0.1) is 11.3 Å². The molecule has 0 atom stereocenters. The highest BCUT2D eigenvalue weighted by atomic mass is 32.1. The molecule has 0 saturated carbocycles. The van der Waals surface area contributed by atoms with Crippen LogP contribution in [0.25, 0.3) is 0 Å². The zero-order valence-electron chi connectivity index (χ0n) is 14.5. The van der Waals surface area contributed by atoms with Crippen molar-refractivity contribution in [1.82, 2.24) is 14.8 Å². The summed E-state index contributed by atoms with van der Waals surface area (Å²) in [6.07, 6.45) is 0. The van der Waals surface area contributed by atoms with E-state index in [1.54, 1.807) is 30.7 Å². The van der Waals surface area contributed by atoms with Crippen molar-refractivity contribution in [3.8, 4) is 0 Å². The zero-order valence-corrected chi connectivity index (χ0v) is 15.3. The minimum absolute atomic E-state index is 0.0414. The monoisotopic (exact) mass is 371 g/mol. The molecule has 2 heterocycles. The molecule has 0 aliphatic heterocycles. The largest absolute Gasteiger partial charge is 0.312 e. The number of hydrogen-bond donors (Lipinski definition) is 1. The summed E-state index contributed by atoms with van der Waals surface area (Å²) in [7, 11) is 0. The van der Waals surface area contributed by atoms with Gasteiger partial charge in [-0.05, 0) is 38.5 Å². The van der Waals surface area contributed by atoms with Gasteiger partial charge in [0.05, 0.1) is 17.2 Å². The average molecular weight is 371 g/mol. The Morgan fingerprint density at radius 3 is 2.50 bits per heavy atom. The van der Waals surface area contributed by atoms with E-state index in [-0.39, 0.29) is 11.6 Å². The third kappa shape index (κ3) is 3.62. The highest BCUT2D eigenvalue weighted by Crippen LogP contribution is 2.22. The van der Waals surface area contributed by atoms with Crippen LogP contribution < -0.4 is 5.32 Å². The molecule has 134 valence electrons. The number of aromatic nitrogens is 3. The third-order valence-corrected chi connectivity index (χ3v) is 4.79. The molecule has 9 heteroatoms. The van der Waals surface area contributed by atoms with E-state index in [9.17, 15) is 14.9 Å². The van der Waals surface area contributed by atoms with E-state index in [4.69, 9.17) is 0 Å². The van der Waals surface area contributed by atoms with Crippen molar-refractivity contribution < 1.29 is 9.72 Å². The minimum Gasteiger partial charge on any atom is -0.298 e. The predicted octanol–water partition coefficient (Wildman–Crippen LogP) is 3.47. The summed E-state index contributed by atoms with van der Waals surface area (Å²) in [5, 5.41) is 20.5. The van der Waals surface area contributed by atoms with E-state index in [2.05, 4.69) is 15.4 Å². The van der Waals surface area contributed by atoms with Crippen molar-refractivity contribution in [2.24, 2.45) is 0 Å². The summed E-state index contributed by atoms with van der Waals surface area (Å²) in [6, 6.07) is 7.05. The van der Waals surface area contributed by atoms with Gasteiger partial charge in [-0.3, -0.25) is 24.9 Å². The Morgan fingerprint density at radius 1 is 1.27 bits per heavy atom. The Bertz CT molecular complexity index is 975. The van der Waals surface area contributed by atoms with Crippen LogP contribution in [-0.2, 0) is 6.54 Å². The van der Waals surface area contributed by atoms with Gasteiger partial charge in [-0.25, -0.2) is 4.98 Å². The van der Waals surface area contributed by atoms with Crippen LogP contribution in [0.5, 0.6) is 0 Å². The predicted molar refractivity (Wildman–Crippen MR) is 98.7 cm³/mol. The number of thiazole rings is 1. The smallest absolute Gasteiger partial charge is 0.298 e. The molecule has 3 aromatic rings. The summed E-state index contributed by atoms with van der Waals surface area (Å²) in [6.45, 7) is 5.56. The Kier molecular flexibility index (Phi) is 4.81. The van der Waals surface area contributed by atoms with Crippen molar-refractivity contribution in [3.05, 3.63) is 68.0 Å². The molecule has 0 saturated heterocycles. The number of nitro groups is 1. The van der Waals surface area contributed by atoms with Crippen molar-refractivity contribution >= 4 is 28.1 Å². The Balaban J connectivity index is 1.73. The first kappa shape index (κ1) is 17.7. The number of anilines is 1. The van der Waals surface area contributed by atoms with Crippen LogP contribution in [0, 0.1) is 30.9 Å². The van der Waals surface area contributed by atoms with Crippen LogP contribution in [0.3, 0.4) is 0 Å². The fourth-order valence-corrected chi connectivity index (χ4v) is 3.30. The van der Waals surface area contributed by atoms with Crippen LogP contribution in [0.4, 0.5) is 10.8 Å². The first-order valence-electron chi connectivity index (χ1n) is 7.86. The number of amides is 1. The van der Waals surface area contributed by atoms with Crippen LogP contribution >= 0.6 is 11.3 Å².